The monoisotopic (exact) mass is 373 g/mol. The summed E-state index contributed by atoms with van der Waals surface area (Å²) in [6.07, 6.45) is 2.91. The van der Waals surface area contributed by atoms with E-state index in [0.717, 1.165) is 15.6 Å². The molecule has 2 aromatic carbocycles. The third-order valence-electron chi connectivity index (χ3n) is 3.43. The molecule has 3 rings (SSSR count). The number of nitrogens with zero attached hydrogens (tertiary/aromatic N) is 3. The van der Waals surface area contributed by atoms with Crippen LogP contribution >= 0.6 is 11.8 Å². The number of hydrogen-bond donors (Lipinski definition) is 2. The minimum Gasteiger partial charge on any atom is -0.324 e. The molecule has 0 radical (unpaired) electrons. The molecule has 27 heavy (non-hydrogen) atoms. The second-order valence-electron chi connectivity index (χ2n) is 5.35. The fraction of sp³-hybridized carbons (Fsp3) is 0. The number of carbonyl (C=O) groups is 1. The summed E-state index contributed by atoms with van der Waals surface area (Å²) in [5, 5.41) is 15.4. The molecule has 0 spiro atoms. The highest BCUT2D eigenvalue weighted by molar-refractivity contribution is 7.99. The Morgan fingerprint density at radius 3 is 2.44 bits per heavy atom. The highest BCUT2D eigenvalue weighted by Crippen LogP contribution is 2.28. The fourth-order valence-electron chi connectivity index (χ4n) is 2.14. The zero-order valence-corrected chi connectivity index (χ0v) is 15.0. The SMILES string of the molecule is C=CC(=O)Nc1ccc(Sc2ccnc(Nc3ccc(C#N)cc3)n2)cc1. The number of rotatable bonds is 6. The number of aromatic nitrogens is 2. The van der Waals surface area contributed by atoms with Gasteiger partial charge in [0.2, 0.25) is 11.9 Å². The maximum atomic E-state index is 11.3. The molecule has 0 fully saturated rings. The van der Waals surface area contributed by atoms with Gasteiger partial charge in [-0.1, -0.05) is 18.3 Å². The molecule has 0 aliphatic rings. The molecule has 1 heterocycles. The Kier molecular flexibility index (Phi) is 5.82. The van der Waals surface area contributed by atoms with Crippen LogP contribution in [0.2, 0.25) is 0 Å². The summed E-state index contributed by atoms with van der Waals surface area (Å²) in [6, 6.07) is 18.4. The first-order chi connectivity index (χ1) is 13.2. The van der Waals surface area contributed by atoms with E-state index < -0.39 is 0 Å². The minimum atomic E-state index is -0.246. The molecular weight excluding hydrogens is 358 g/mol. The van der Waals surface area contributed by atoms with Crippen LogP contribution in [0.3, 0.4) is 0 Å². The Labute approximate surface area is 161 Å². The minimum absolute atomic E-state index is 0.246. The highest BCUT2D eigenvalue weighted by atomic mass is 32.2. The molecule has 0 saturated carbocycles. The van der Waals surface area contributed by atoms with E-state index >= 15 is 0 Å². The Morgan fingerprint density at radius 2 is 1.78 bits per heavy atom. The summed E-state index contributed by atoms with van der Waals surface area (Å²) in [5.41, 5.74) is 2.10. The van der Waals surface area contributed by atoms with Crippen LogP contribution in [-0.2, 0) is 4.79 Å². The third-order valence-corrected chi connectivity index (χ3v) is 4.37. The lowest BCUT2D eigenvalue weighted by atomic mass is 10.2. The molecule has 0 aliphatic heterocycles. The Morgan fingerprint density at radius 1 is 1.07 bits per heavy atom. The van der Waals surface area contributed by atoms with E-state index in [1.807, 2.05) is 30.3 Å². The molecule has 0 aliphatic carbocycles. The van der Waals surface area contributed by atoms with Crippen molar-refractivity contribution in [2.45, 2.75) is 9.92 Å². The van der Waals surface area contributed by atoms with E-state index in [9.17, 15) is 4.79 Å². The summed E-state index contributed by atoms with van der Waals surface area (Å²) >= 11 is 1.48. The van der Waals surface area contributed by atoms with Crippen molar-refractivity contribution in [3.63, 3.8) is 0 Å². The lowest BCUT2D eigenvalue weighted by molar-refractivity contribution is -0.111. The first-order valence-electron chi connectivity index (χ1n) is 7.98. The first-order valence-corrected chi connectivity index (χ1v) is 8.79. The maximum absolute atomic E-state index is 11.3. The van der Waals surface area contributed by atoms with E-state index in [0.29, 0.717) is 17.2 Å². The van der Waals surface area contributed by atoms with Crippen molar-refractivity contribution in [1.82, 2.24) is 9.97 Å². The molecule has 0 atom stereocenters. The molecule has 1 aromatic heterocycles. The molecule has 7 heteroatoms. The standard InChI is InChI=1S/C20H15N5OS/c1-2-18(26)23-15-7-9-17(10-8-15)27-19-11-12-22-20(25-19)24-16-5-3-14(13-21)4-6-16/h2-12H,1H2,(H,23,26)(H,22,24,25). The van der Waals surface area contributed by atoms with E-state index in [1.165, 1.54) is 17.8 Å². The molecule has 3 aromatic rings. The van der Waals surface area contributed by atoms with Gasteiger partial charge < -0.3 is 10.6 Å². The van der Waals surface area contributed by atoms with Gasteiger partial charge in [-0.15, -0.1) is 0 Å². The van der Waals surface area contributed by atoms with Crippen molar-refractivity contribution in [2.24, 2.45) is 0 Å². The van der Waals surface area contributed by atoms with Crippen molar-refractivity contribution in [3.05, 3.63) is 79.0 Å². The largest absolute Gasteiger partial charge is 0.324 e. The zero-order chi connectivity index (χ0) is 19.1. The van der Waals surface area contributed by atoms with Crippen LogP contribution < -0.4 is 10.6 Å². The zero-order valence-electron chi connectivity index (χ0n) is 14.2. The second kappa shape index (κ2) is 8.65. The van der Waals surface area contributed by atoms with Gasteiger partial charge in [-0.25, -0.2) is 9.97 Å². The summed E-state index contributed by atoms with van der Waals surface area (Å²) in [5.74, 6) is 0.226. The van der Waals surface area contributed by atoms with Gasteiger partial charge in [-0.3, -0.25) is 4.79 Å². The van der Waals surface area contributed by atoms with E-state index in [4.69, 9.17) is 5.26 Å². The smallest absolute Gasteiger partial charge is 0.247 e. The van der Waals surface area contributed by atoms with Gasteiger partial charge in [0.1, 0.15) is 5.03 Å². The average molecular weight is 373 g/mol. The van der Waals surface area contributed by atoms with Crippen molar-refractivity contribution in [3.8, 4) is 6.07 Å². The van der Waals surface area contributed by atoms with Crippen LogP contribution in [0, 0.1) is 11.3 Å². The topological polar surface area (TPSA) is 90.7 Å². The third kappa shape index (κ3) is 5.17. The van der Waals surface area contributed by atoms with Gasteiger partial charge in [-0.2, -0.15) is 5.26 Å². The molecule has 1 amide bonds. The summed E-state index contributed by atoms with van der Waals surface area (Å²) in [4.78, 5) is 21.0. The summed E-state index contributed by atoms with van der Waals surface area (Å²) in [7, 11) is 0. The quantitative estimate of drug-likeness (QED) is 0.493. The lowest BCUT2D eigenvalue weighted by Crippen LogP contribution is -2.06. The van der Waals surface area contributed by atoms with Crippen LogP contribution in [0.15, 0.2) is 83.4 Å². The highest BCUT2D eigenvalue weighted by Gasteiger charge is 2.04. The molecular formula is C20H15N5OS. The van der Waals surface area contributed by atoms with Crippen LogP contribution in [0.4, 0.5) is 17.3 Å². The number of nitrogens with one attached hydrogen (secondary N) is 2. The van der Waals surface area contributed by atoms with E-state index in [-0.39, 0.29) is 5.91 Å². The molecule has 0 unspecified atom stereocenters. The van der Waals surface area contributed by atoms with Gasteiger partial charge in [0.15, 0.2) is 0 Å². The fourth-order valence-corrected chi connectivity index (χ4v) is 2.91. The Hall–Kier alpha value is -3.63. The normalized spacial score (nSPS) is 9.89. The van der Waals surface area contributed by atoms with Gasteiger partial charge in [0, 0.05) is 22.5 Å². The van der Waals surface area contributed by atoms with Gasteiger partial charge in [0.05, 0.1) is 11.6 Å². The number of benzene rings is 2. The number of anilines is 3. The molecule has 0 bridgehead atoms. The van der Waals surface area contributed by atoms with Gasteiger partial charge in [0.25, 0.3) is 0 Å². The number of nitriles is 1. The van der Waals surface area contributed by atoms with Crippen LogP contribution in [0.25, 0.3) is 0 Å². The molecule has 132 valence electrons. The van der Waals surface area contributed by atoms with Crippen LogP contribution in [0.1, 0.15) is 5.56 Å². The van der Waals surface area contributed by atoms with Crippen molar-refractivity contribution in [2.75, 3.05) is 10.6 Å². The lowest BCUT2D eigenvalue weighted by Gasteiger charge is -2.07. The second-order valence-corrected chi connectivity index (χ2v) is 6.45. The summed E-state index contributed by atoms with van der Waals surface area (Å²) in [6.45, 7) is 3.43. The van der Waals surface area contributed by atoms with E-state index in [2.05, 4.69) is 33.2 Å². The average Bonchev–Trinajstić information content (AvgIpc) is 2.70. The van der Waals surface area contributed by atoms with Crippen LogP contribution in [0.5, 0.6) is 0 Å². The maximum Gasteiger partial charge on any atom is 0.247 e. The summed E-state index contributed by atoms with van der Waals surface area (Å²) < 4.78 is 0. The Bertz CT molecular complexity index is 994. The van der Waals surface area contributed by atoms with Crippen LogP contribution in [-0.4, -0.2) is 15.9 Å². The van der Waals surface area contributed by atoms with Crippen molar-refractivity contribution in [1.29, 1.82) is 5.26 Å². The Balaban J connectivity index is 1.67. The first kappa shape index (κ1) is 18.2. The number of amides is 1. The molecule has 2 N–H and O–H groups in total. The number of carbonyl (C=O) groups excluding carboxylic acids is 1. The molecule has 6 nitrogen and oxygen atoms in total. The molecule has 0 saturated heterocycles. The van der Waals surface area contributed by atoms with Crippen molar-refractivity contribution < 1.29 is 4.79 Å². The predicted molar refractivity (Wildman–Crippen MR) is 106 cm³/mol. The predicted octanol–water partition coefficient (Wildman–Crippen LogP) is 4.37. The van der Waals surface area contributed by atoms with Gasteiger partial charge >= 0.3 is 0 Å². The number of hydrogen-bond acceptors (Lipinski definition) is 6. The van der Waals surface area contributed by atoms with Crippen molar-refractivity contribution >= 4 is 35.0 Å². The van der Waals surface area contributed by atoms with E-state index in [1.54, 1.807) is 30.5 Å². The van der Waals surface area contributed by atoms with Gasteiger partial charge in [-0.05, 0) is 60.7 Å².